The van der Waals surface area contributed by atoms with E-state index in [9.17, 15) is 8.76 Å². The molecule has 0 bridgehead atoms. The Labute approximate surface area is 82.3 Å². The Morgan fingerprint density at radius 2 is 1.92 bits per heavy atom. The monoisotopic (exact) mass is 205 g/mol. The van der Waals surface area contributed by atoms with Gasteiger partial charge in [0.15, 0.2) is 0 Å². The van der Waals surface area contributed by atoms with Gasteiger partial charge >= 0.3 is 0 Å². The normalized spacial score (nSPS) is 23.2. The lowest BCUT2D eigenvalue weighted by Gasteiger charge is -2.35. The molecule has 0 spiro atoms. The highest BCUT2D eigenvalue weighted by Crippen LogP contribution is 2.04. The minimum absolute atomic E-state index is 0.653. The maximum absolute atomic E-state index is 10.6. The third-order valence-corrected chi connectivity index (χ3v) is 3.16. The van der Waals surface area contributed by atoms with Crippen LogP contribution in [-0.2, 0) is 11.3 Å². The van der Waals surface area contributed by atoms with Crippen molar-refractivity contribution in [2.24, 2.45) is 0 Å². The van der Waals surface area contributed by atoms with E-state index in [1.807, 2.05) is 0 Å². The molecule has 0 aliphatic carbocycles. The first-order valence-corrected chi connectivity index (χ1v) is 5.84. The number of piperazine rings is 1. The summed E-state index contributed by atoms with van der Waals surface area (Å²) in [5.74, 6) is 0. The van der Waals surface area contributed by atoms with Crippen LogP contribution in [0.5, 0.6) is 0 Å². The van der Waals surface area contributed by atoms with E-state index < -0.39 is 11.3 Å². The van der Waals surface area contributed by atoms with Gasteiger partial charge in [-0.1, -0.05) is 13.3 Å². The van der Waals surface area contributed by atoms with Gasteiger partial charge in [-0.15, -0.1) is 0 Å². The molecule has 1 fully saturated rings. The standard InChI is InChI=1S/C8H18N2O2S/c1-2-3-4-9-5-7-10(8-6-9)13(11)12/h2-8H2,1H3,(H,11,12)/p-1. The largest absolute Gasteiger partial charge is 0.760 e. The van der Waals surface area contributed by atoms with Gasteiger partial charge in [0.05, 0.1) is 0 Å². The van der Waals surface area contributed by atoms with Gasteiger partial charge in [0.25, 0.3) is 0 Å². The van der Waals surface area contributed by atoms with E-state index >= 15 is 0 Å². The second-order valence-electron chi connectivity index (χ2n) is 3.34. The SMILES string of the molecule is CCCCN1CCN(S(=O)[O-])CC1. The lowest BCUT2D eigenvalue weighted by Crippen LogP contribution is -2.46. The molecular formula is C8H17N2O2S-. The van der Waals surface area contributed by atoms with Crippen molar-refractivity contribution in [2.75, 3.05) is 32.7 Å². The molecule has 1 atom stereocenters. The predicted octanol–water partition coefficient (Wildman–Crippen LogP) is 0.198. The highest BCUT2D eigenvalue weighted by atomic mass is 32.2. The molecule has 1 unspecified atom stereocenters. The third kappa shape index (κ3) is 3.72. The summed E-state index contributed by atoms with van der Waals surface area (Å²) in [6.07, 6.45) is 2.41. The number of hydrogen-bond acceptors (Lipinski definition) is 3. The van der Waals surface area contributed by atoms with Crippen LogP contribution in [0.15, 0.2) is 0 Å². The molecule has 0 N–H and O–H groups in total. The molecule has 4 nitrogen and oxygen atoms in total. The zero-order chi connectivity index (χ0) is 9.68. The fraction of sp³-hybridized carbons (Fsp3) is 1.00. The van der Waals surface area contributed by atoms with Gasteiger partial charge in [-0.2, -0.15) is 0 Å². The molecule has 1 heterocycles. The predicted molar refractivity (Wildman–Crippen MR) is 51.8 cm³/mol. The first-order valence-electron chi connectivity index (χ1n) is 4.80. The van der Waals surface area contributed by atoms with Gasteiger partial charge < -0.3 is 9.45 Å². The third-order valence-electron chi connectivity index (χ3n) is 2.37. The second-order valence-corrected chi connectivity index (χ2v) is 4.29. The van der Waals surface area contributed by atoms with Gasteiger partial charge in [0.2, 0.25) is 0 Å². The molecule has 5 heteroatoms. The molecular weight excluding hydrogens is 188 g/mol. The fourth-order valence-corrected chi connectivity index (χ4v) is 1.95. The number of hydrogen-bond donors (Lipinski definition) is 0. The summed E-state index contributed by atoms with van der Waals surface area (Å²) in [4.78, 5) is 2.33. The van der Waals surface area contributed by atoms with E-state index in [1.54, 1.807) is 0 Å². The van der Waals surface area contributed by atoms with E-state index in [4.69, 9.17) is 0 Å². The summed E-state index contributed by atoms with van der Waals surface area (Å²) in [6.45, 7) is 6.35. The number of rotatable bonds is 4. The minimum Gasteiger partial charge on any atom is -0.760 e. The maximum atomic E-state index is 10.6. The number of unbranched alkanes of at least 4 members (excludes halogenated alkanes) is 1. The first kappa shape index (κ1) is 11.1. The Hall–Kier alpha value is 0.0300. The van der Waals surface area contributed by atoms with E-state index in [0.717, 1.165) is 19.6 Å². The Bertz CT molecular complexity index is 170. The summed E-state index contributed by atoms with van der Waals surface area (Å²) in [5, 5.41) is 0. The van der Waals surface area contributed by atoms with Gasteiger partial charge in [0.1, 0.15) is 0 Å². The van der Waals surface area contributed by atoms with Crippen LogP contribution in [0.25, 0.3) is 0 Å². The summed E-state index contributed by atoms with van der Waals surface area (Å²) in [7, 11) is 0. The summed E-state index contributed by atoms with van der Waals surface area (Å²) in [6, 6.07) is 0. The molecule has 13 heavy (non-hydrogen) atoms. The van der Waals surface area contributed by atoms with Crippen LogP contribution in [0, 0.1) is 0 Å². The van der Waals surface area contributed by atoms with Crippen LogP contribution in [0.1, 0.15) is 19.8 Å². The average Bonchev–Trinajstić information content (AvgIpc) is 2.15. The molecule has 1 aliphatic heterocycles. The van der Waals surface area contributed by atoms with Crippen molar-refractivity contribution < 1.29 is 8.76 Å². The maximum Gasteiger partial charge on any atom is 0.0230 e. The highest BCUT2D eigenvalue weighted by molar-refractivity contribution is 7.76. The molecule has 0 amide bonds. The van der Waals surface area contributed by atoms with Crippen molar-refractivity contribution in [3.05, 3.63) is 0 Å². The lowest BCUT2D eigenvalue weighted by molar-refractivity contribution is 0.184. The zero-order valence-corrected chi connectivity index (χ0v) is 8.89. The van der Waals surface area contributed by atoms with Crippen molar-refractivity contribution in [3.63, 3.8) is 0 Å². The van der Waals surface area contributed by atoms with Crippen LogP contribution in [0.4, 0.5) is 0 Å². The first-order chi connectivity index (χ1) is 6.24. The topological polar surface area (TPSA) is 46.6 Å². The zero-order valence-electron chi connectivity index (χ0n) is 8.07. The van der Waals surface area contributed by atoms with E-state index in [1.165, 1.54) is 17.1 Å². The molecule has 1 aliphatic rings. The minimum atomic E-state index is -2.02. The van der Waals surface area contributed by atoms with Crippen LogP contribution in [0.3, 0.4) is 0 Å². The Morgan fingerprint density at radius 3 is 2.38 bits per heavy atom. The molecule has 0 aromatic carbocycles. The van der Waals surface area contributed by atoms with Crippen molar-refractivity contribution in [1.82, 2.24) is 9.21 Å². The molecule has 0 aromatic heterocycles. The number of nitrogens with zero attached hydrogens (tertiary/aromatic N) is 2. The molecule has 1 saturated heterocycles. The molecule has 0 radical (unpaired) electrons. The fourth-order valence-electron chi connectivity index (χ4n) is 1.48. The van der Waals surface area contributed by atoms with Crippen molar-refractivity contribution in [2.45, 2.75) is 19.8 Å². The summed E-state index contributed by atoms with van der Waals surface area (Å²) < 4.78 is 22.7. The quantitative estimate of drug-likeness (QED) is 0.616. The molecule has 1 rings (SSSR count). The average molecular weight is 205 g/mol. The Balaban J connectivity index is 2.18. The summed E-state index contributed by atoms with van der Waals surface area (Å²) >= 11 is -2.02. The van der Waals surface area contributed by atoms with Crippen molar-refractivity contribution in [3.8, 4) is 0 Å². The van der Waals surface area contributed by atoms with Gasteiger partial charge in [-0.25, -0.2) is 4.31 Å². The lowest BCUT2D eigenvalue weighted by atomic mass is 10.3. The second kappa shape index (κ2) is 5.70. The molecule has 78 valence electrons. The van der Waals surface area contributed by atoms with Crippen molar-refractivity contribution in [1.29, 1.82) is 0 Å². The van der Waals surface area contributed by atoms with Crippen molar-refractivity contribution >= 4 is 11.3 Å². The molecule has 0 saturated carbocycles. The van der Waals surface area contributed by atoms with Gasteiger partial charge in [-0.05, 0) is 13.0 Å². The van der Waals surface area contributed by atoms with E-state index in [-0.39, 0.29) is 0 Å². The summed E-state index contributed by atoms with van der Waals surface area (Å²) in [5.41, 5.74) is 0. The smallest absolute Gasteiger partial charge is 0.0230 e. The van der Waals surface area contributed by atoms with Gasteiger partial charge in [0, 0.05) is 37.4 Å². The van der Waals surface area contributed by atoms with E-state index in [2.05, 4.69) is 11.8 Å². The Morgan fingerprint density at radius 1 is 1.31 bits per heavy atom. The van der Waals surface area contributed by atoms with E-state index in [0.29, 0.717) is 13.1 Å². The van der Waals surface area contributed by atoms with Crippen LogP contribution >= 0.6 is 0 Å². The molecule has 0 aromatic rings. The Kier molecular flexibility index (Phi) is 4.87. The van der Waals surface area contributed by atoms with Crippen LogP contribution < -0.4 is 0 Å². The highest BCUT2D eigenvalue weighted by Gasteiger charge is 2.15. The van der Waals surface area contributed by atoms with Crippen LogP contribution in [0.2, 0.25) is 0 Å². The van der Waals surface area contributed by atoms with Crippen LogP contribution in [-0.4, -0.2) is 50.7 Å². The van der Waals surface area contributed by atoms with Gasteiger partial charge in [-0.3, -0.25) is 4.21 Å².